The minimum absolute atomic E-state index is 0.0290. The number of aromatic hydroxyl groups is 1. The number of carbonyl (C=O) groups excluding carboxylic acids is 1. The zero-order valence-electron chi connectivity index (χ0n) is 12.0. The third kappa shape index (κ3) is 3.88. The van der Waals surface area contributed by atoms with Crippen molar-refractivity contribution >= 4 is 17.7 Å². The minimum atomic E-state index is -0.612. The number of hydrogen-bond donors (Lipinski definition) is 3. The number of nitrogen functional groups attached to an aromatic ring is 1. The van der Waals surface area contributed by atoms with Crippen LogP contribution in [-0.4, -0.2) is 22.0 Å². The zero-order chi connectivity index (χ0) is 15.6. The molecule has 0 fully saturated rings. The number of ether oxygens (including phenoxy) is 1. The first-order valence-electron chi connectivity index (χ1n) is 6.30. The lowest BCUT2D eigenvalue weighted by Gasteiger charge is -2.20. The molecule has 1 aromatic carbocycles. The zero-order valence-corrected chi connectivity index (χ0v) is 12.0. The molecule has 1 aromatic heterocycles. The monoisotopic (exact) mass is 291 g/mol. The van der Waals surface area contributed by atoms with Crippen LogP contribution in [0.5, 0.6) is 5.75 Å². The predicted octanol–water partition coefficient (Wildman–Crippen LogP) is 2.98. The summed E-state index contributed by atoms with van der Waals surface area (Å²) >= 11 is 0. The second kappa shape index (κ2) is 5.35. The number of aromatic nitrogens is 1. The molecule has 112 valence electrons. The molecule has 0 bridgehead atoms. The van der Waals surface area contributed by atoms with Crippen LogP contribution in [0.1, 0.15) is 20.8 Å². The van der Waals surface area contributed by atoms with Crippen molar-refractivity contribution in [3.05, 3.63) is 24.3 Å². The standard InChI is InChI=1S/C14H17N3O4/c1-14(2,3)20-13(19)16-10-5-4-8(18)6-9(10)11-7-12(15)21-17-11/h4-7,18H,15H2,1-3H3,(H,16,19). The Balaban J connectivity index is 2.30. The third-order valence-corrected chi connectivity index (χ3v) is 2.44. The SMILES string of the molecule is CC(C)(C)OC(=O)Nc1ccc(O)cc1-c1cc(N)on1. The highest BCUT2D eigenvalue weighted by molar-refractivity contribution is 5.91. The third-order valence-electron chi connectivity index (χ3n) is 2.44. The molecule has 0 saturated carbocycles. The molecule has 0 aliphatic heterocycles. The number of carbonyl (C=O) groups is 1. The Morgan fingerprint density at radius 1 is 1.38 bits per heavy atom. The molecular formula is C14H17N3O4. The van der Waals surface area contributed by atoms with Gasteiger partial charge in [0, 0.05) is 11.6 Å². The van der Waals surface area contributed by atoms with E-state index in [0.717, 1.165) is 0 Å². The maximum absolute atomic E-state index is 11.8. The summed E-state index contributed by atoms with van der Waals surface area (Å²) in [7, 11) is 0. The lowest BCUT2D eigenvalue weighted by molar-refractivity contribution is 0.0636. The first-order chi connectivity index (χ1) is 9.74. The van der Waals surface area contributed by atoms with Gasteiger partial charge in [-0.05, 0) is 39.0 Å². The van der Waals surface area contributed by atoms with Gasteiger partial charge in [-0.15, -0.1) is 0 Å². The number of phenols is 1. The van der Waals surface area contributed by atoms with Crippen molar-refractivity contribution in [2.24, 2.45) is 0 Å². The second-order valence-electron chi connectivity index (χ2n) is 5.47. The van der Waals surface area contributed by atoms with Gasteiger partial charge in [0.05, 0.1) is 5.69 Å². The first-order valence-corrected chi connectivity index (χ1v) is 6.30. The average Bonchev–Trinajstić information content (AvgIpc) is 2.75. The molecule has 0 aliphatic rings. The maximum Gasteiger partial charge on any atom is 0.412 e. The lowest BCUT2D eigenvalue weighted by Crippen LogP contribution is -2.27. The Hall–Kier alpha value is -2.70. The van der Waals surface area contributed by atoms with Gasteiger partial charge in [-0.3, -0.25) is 5.32 Å². The molecule has 0 unspecified atom stereocenters. The number of rotatable bonds is 2. The van der Waals surface area contributed by atoms with Crippen molar-refractivity contribution in [3.8, 4) is 17.0 Å². The fourth-order valence-corrected chi connectivity index (χ4v) is 1.68. The van der Waals surface area contributed by atoms with Crippen LogP contribution in [0.15, 0.2) is 28.8 Å². The molecule has 1 amide bonds. The Morgan fingerprint density at radius 2 is 2.10 bits per heavy atom. The van der Waals surface area contributed by atoms with Crippen molar-refractivity contribution in [2.45, 2.75) is 26.4 Å². The molecule has 0 aliphatic carbocycles. The number of anilines is 2. The van der Waals surface area contributed by atoms with Gasteiger partial charge in [-0.1, -0.05) is 5.16 Å². The summed E-state index contributed by atoms with van der Waals surface area (Å²) in [6.07, 6.45) is -0.606. The number of hydrogen-bond acceptors (Lipinski definition) is 6. The van der Waals surface area contributed by atoms with Crippen molar-refractivity contribution in [2.75, 3.05) is 11.1 Å². The number of benzene rings is 1. The summed E-state index contributed by atoms with van der Waals surface area (Å²) in [4.78, 5) is 11.8. The second-order valence-corrected chi connectivity index (χ2v) is 5.47. The van der Waals surface area contributed by atoms with Crippen LogP contribution in [0.25, 0.3) is 11.3 Å². The first kappa shape index (κ1) is 14.7. The van der Waals surface area contributed by atoms with Crippen LogP contribution in [0, 0.1) is 0 Å². The van der Waals surface area contributed by atoms with E-state index in [-0.39, 0.29) is 11.6 Å². The number of nitrogens with one attached hydrogen (secondary N) is 1. The van der Waals surface area contributed by atoms with E-state index < -0.39 is 11.7 Å². The topological polar surface area (TPSA) is 111 Å². The summed E-state index contributed by atoms with van der Waals surface area (Å²) < 4.78 is 9.99. The molecule has 0 spiro atoms. The van der Waals surface area contributed by atoms with E-state index in [0.29, 0.717) is 16.9 Å². The van der Waals surface area contributed by atoms with Gasteiger partial charge in [0.2, 0.25) is 5.88 Å². The summed E-state index contributed by atoms with van der Waals surface area (Å²) in [6.45, 7) is 5.30. The van der Waals surface area contributed by atoms with Crippen molar-refractivity contribution < 1.29 is 19.2 Å². The van der Waals surface area contributed by atoms with Gasteiger partial charge >= 0.3 is 6.09 Å². The molecule has 0 saturated heterocycles. The number of phenolic OH excluding ortho intramolecular Hbond substituents is 1. The van der Waals surface area contributed by atoms with Crippen LogP contribution in [0.3, 0.4) is 0 Å². The van der Waals surface area contributed by atoms with E-state index in [9.17, 15) is 9.90 Å². The molecule has 0 radical (unpaired) electrons. The summed E-state index contributed by atoms with van der Waals surface area (Å²) in [5, 5.41) is 16.0. The van der Waals surface area contributed by atoms with Crippen LogP contribution in [-0.2, 0) is 4.74 Å². The van der Waals surface area contributed by atoms with E-state index in [1.54, 1.807) is 26.8 Å². The quantitative estimate of drug-likeness (QED) is 0.733. The van der Waals surface area contributed by atoms with E-state index in [2.05, 4.69) is 10.5 Å². The molecule has 2 rings (SSSR count). The molecule has 2 aromatic rings. The van der Waals surface area contributed by atoms with Crippen molar-refractivity contribution in [1.29, 1.82) is 0 Å². The van der Waals surface area contributed by atoms with Crippen molar-refractivity contribution in [1.82, 2.24) is 5.16 Å². The highest BCUT2D eigenvalue weighted by atomic mass is 16.6. The van der Waals surface area contributed by atoms with Gasteiger partial charge in [-0.25, -0.2) is 4.79 Å². The fraction of sp³-hybridized carbons (Fsp3) is 0.286. The normalized spacial score (nSPS) is 11.2. The van der Waals surface area contributed by atoms with Gasteiger partial charge in [-0.2, -0.15) is 0 Å². The smallest absolute Gasteiger partial charge is 0.412 e. The van der Waals surface area contributed by atoms with E-state index in [1.165, 1.54) is 18.2 Å². The van der Waals surface area contributed by atoms with Crippen LogP contribution < -0.4 is 11.1 Å². The largest absolute Gasteiger partial charge is 0.508 e. The number of nitrogens with zero attached hydrogens (tertiary/aromatic N) is 1. The Kier molecular flexibility index (Phi) is 3.75. The summed E-state index contributed by atoms with van der Waals surface area (Å²) in [5.41, 5.74) is 6.17. The Bertz CT molecular complexity index is 658. The predicted molar refractivity (Wildman–Crippen MR) is 77.9 cm³/mol. The summed E-state index contributed by atoms with van der Waals surface area (Å²) in [6, 6.07) is 5.93. The molecule has 1 heterocycles. The average molecular weight is 291 g/mol. The molecule has 7 nitrogen and oxygen atoms in total. The van der Waals surface area contributed by atoms with Crippen LogP contribution in [0.4, 0.5) is 16.4 Å². The minimum Gasteiger partial charge on any atom is -0.508 e. The highest BCUT2D eigenvalue weighted by Gasteiger charge is 2.18. The fourth-order valence-electron chi connectivity index (χ4n) is 1.68. The molecule has 0 atom stereocenters. The van der Waals surface area contributed by atoms with Crippen LogP contribution in [0.2, 0.25) is 0 Å². The molecule has 7 heteroatoms. The molecule has 4 N–H and O–H groups in total. The van der Waals surface area contributed by atoms with Gasteiger partial charge in [0.15, 0.2) is 0 Å². The highest BCUT2D eigenvalue weighted by Crippen LogP contribution is 2.31. The van der Waals surface area contributed by atoms with E-state index >= 15 is 0 Å². The van der Waals surface area contributed by atoms with Gasteiger partial charge < -0.3 is 20.1 Å². The number of nitrogens with two attached hydrogens (primary N) is 1. The Labute approximate surface area is 121 Å². The van der Waals surface area contributed by atoms with E-state index in [4.69, 9.17) is 15.0 Å². The van der Waals surface area contributed by atoms with Gasteiger partial charge in [0.1, 0.15) is 17.0 Å². The Morgan fingerprint density at radius 3 is 2.67 bits per heavy atom. The molecule has 21 heavy (non-hydrogen) atoms. The van der Waals surface area contributed by atoms with Gasteiger partial charge in [0.25, 0.3) is 0 Å². The van der Waals surface area contributed by atoms with Crippen LogP contribution >= 0.6 is 0 Å². The van der Waals surface area contributed by atoms with Crippen molar-refractivity contribution in [3.63, 3.8) is 0 Å². The summed E-state index contributed by atoms with van der Waals surface area (Å²) in [5.74, 6) is 0.165. The lowest BCUT2D eigenvalue weighted by atomic mass is 10.1. The van der Waals surface area contributed by atoms with E-state index in [1.807, 2.05) is 0 Å². The number of amides is 1. The molecular weight excluding hydrogens is 274 g/mol. The maximum atomic E-state index is 11.8.